The minimum absolute atomic E-state index is 0.0846. The summed E-state index contributed by atoms with van der Waals surface area (Å²) in [5, 5.41) is 8.98. The van der Waals surface area contributed by atoms with Crippen molar-refractivity contribution in [2.24, 2.45) is 0 Å². The second-order valence-corrected chi connectivity index (χ2v) is 3.23. The van der Waals surface area contributed by atoms with Crippen LogP contribution in [0.1, 0.15) is 5.56 Å². The monoisotopic (exact) mass is 224 g/mol. The van der Waals surface area contributed by atoms with Crippen molar-refractivity contribution in [3.05, 3.63) is 40.6 Å². The maximum absolute atomic E-state index is 13.2. The minimum atomic E-state index is -1.06. The van der Waals surface area contributed by atoms with E-state index in [9.17, 15) is 8.78 Å². The van der Waals surface area contributed by atoms with E-state index >= 15 is 0 Å². The molecule has 1 heterocycles. The van der Waals surface area contributed by atoms with E-state index in [1.165, 1.54) is 6.07 Å². The van der Waals surface area contributed by atoms with Crippen molar-refractivity contribution in [2.75, 3.05) is 0 Å². The van der Waals surface area contributed by atoms with E-state index in [0.717, 1.165) is 12.3 Å². The summed E-state index contributed by atoms with van der Waals surface area (Å²) in [6.45, 7) is 0. The van der Waals surface area contributed by atoms with E-state index in [0.29, 0.717) is 0 Å². The highest BCUT2D eigenvalue weighted by Gasteiger charge is 2.12. The maximum Gasteiger partial charge on any atom is 0.185 e. The number of nitrogens with zero attached hydrogens (tertiary/aromatic N) is 2. The molecule has 2 aromatic rings. The maximum atomic E-state index is 13.2. The number of aromatic nitrogens is 1. The normalized spacial score (nSPS) is 10.3. The Morgan fingerprint density at radius 1 is 1.33 bits per heavy atom. The van der Waals surface area contributed by atoms with E-state index in [1.807, 2.05) is 6.07 Å². The lowest BCUT2D eigenvalue weighted by atomic mass is 10.1. The molecule has 0 atom stereocenters. The fraction of sp³-hybridized carbons (Fsp3) is 0. The number of pyridine rings is 1. The highest BCUT2D eigenvalue weighted by molar-refractivity contribution is 6.36. The van der Waals surface area contributed by atoms with Gasteiger partial charge in [0.2, 0.25) is 0 Å². The van der Waals surface area contributed by atoms with Gasteiger partial charge in [-0.05, 0) is 12.1 Å². The lowest BCUT2D eigenvalue weighted by molar-refractivity contribution is 0.515. The van der Waals surface area contributed by atoms with Gasteiger partial charge in [0.05, 0.1) is 10.6 Å². The standard InChI is InChI=1S/C10H3ClF2N2/c11-8-5(3-14)4-15-10-6(8)1-2-7(12)9(10)13/h1-2,4H. The largest absolute Gasteiger partial charge is 0.252 e. The van der Waals surface area contributed by atoms with Crippen LogP contribution in [0.3, 0.4) is 0 Å². The van der Waals surface area contributed by atoms with Crippen molar-refractivity contribution in [3.63, 3.8) is 0 Å². The van der Waals surface area contributed by atoms with Crippen LogP contribution in [0, 0.1) is 23.0 Å². The number of benzene rings is 1. The Balaban J connectivity index is 2.93. The zero-order valence-electron chi connectivity index (χ0n) is 7.26. The number of halogens is 3. The molecular formula is C10H3ClF2N2. The molecule has 1 aromatic carbocycles. The van der Waals surface area contributed by atoms with E-state index in [-0.39, 0.29) is 21.5 Å². The summed E-state index contributed by atoms with van der Waals surface area (Å²) >= 11 is 5.81. The van der Waals surface area contributed by atoms with E-state index in [2.05, 4.69) is 4.98 Å². The highest BCUT2D eigenvalue weighted by Crippen LogP contribution is 2.27. The minimum Gasteiger partial charge on any atom is -0.252 e. The Bertz CT molecular complexity index is 590. The second kappa shape index (κ2) is 3.44. The van der Waals surface area contributed by atoms with Crippen molar-refractivity contribution in [1.82, 2.24) is 4.98 Å². The summed E-state index contributed by atoms with van der Waals surface area (Å²) in [5.74, 6) is -2.05. The molecule has 0 saturated heterocycles. The Hall–Kier alpha value is -1.73. The molecule has 0 aliphatic rings. The van der Waals surface area contributed by atoms with Crippen LogP contribution in [0.5, 0.6) is 0 Å². The lowest BCUT2D eigenvalue weighted by Gasteiger charge is -2.02. The average molecular weight is 225 g/mol. The van der Waals surface area contributed by atoms with Crippen LogP contribution in [-0.4, -0.2) is 4.98 Å². The van der Waals surface area contributed by atoms with Crippen LogP contribution < -0.4 is 0 Å². The van der Waals surface area contributed by atoms with E-state index < -0.39 is 11.6 Å². The molecule has 0 bridgehead atoms. The second-order valence-electron chi connectivity index (χ2n) is 2.86. The fourth-order valence-electron chi connectivity index (χ4n) is 1.25. The lowest BCUT2D eigenvalue weighted by Crippen LogP contribution is -1.91. The molecule has 0 aliphatic heterocycles. The van der Waals surface area contributed by atoms with Gasteiger partial charge in [-0.3, -0.25) is 4.98 Å². The van der Waals surface area contributed by atoms with Crippen molar-refractivity contribution in [3.8, 4) is 6.07 Å². The van der Waals surface area contributed by atoms with Crippen LogP contribution in [0.15, 0.2) is 18.3 Å². The molecule has 15 heavy (non-hydrogen) atoms. The Morgan fingerprint density at radius 2 is 2.07 bits per heavy atom. The predicted molar refractivity (Wildman–Crippen MR) is 51.4 cm³/mol. The highest BCUT2D eigenvalue weighted by atomic mass is 35.5. The summed E-state index contributed by atoms with van der Waals surface area (Å²) in [7, 11) is 0. The molecule has 1 aromatic heterocycles. The summed E-state index contributed by atoms with van der Waals surface area (Å²) in [5.41, 5.74) is -0.0332. The zero-order chi connectivity index (χ0) is 11.0. The van der Waals surface area contributed by atoms with Crippen molar-refractivity contribution >= 4 is 22.5 Å². The third-order valence-electron chi connectivity index (χ3n) is 1.99. The van der Waals surface area contributed by atoms with Crippen LogP contribution in [-0.2, 0) is 0 Å². The summed E-state index contributed by atoms with van der Waals surface area (Å²) in [6.07, 6.45) is 1.12. The number of nitriles is 1. The Morgan fingerprint density at radius 3 is 2.73 bits per heavy atom. The van der Waals surface area contributed by atoms with E-state index in [4.69, 9.17) is 16.9 Å². The summed E-state index contributed by atoms with van der Waals surface area (Å²) in [4.78, 5) is 3.65. The van der Waals surface area contributed by atoms with Gasteiger partial charge in [-0.25, -0.2) is 8.78 Å². The molecular weight excluding hydrogens is 222 g/mol. The van der Waals surface area contributed by atoms with Gasteiger partial charge in [0.15, 0.2) is 11.6 Å². The average Bonchev–Trinajstić information content (AvgIpc) is 2.24. The molecule has 2 nitrogen and oxygen atoms in total. The van der Waals surface area contributed by atoms with Gasteiger partial charge in [-0.15, -0.1) is 0 Å². The molecule has 74 valence electrons. The smallest absolute Gasteiger partial charge is 0.185 e. The van der Waals surface area contributed by atoms with Gasteiger partial charge in [0.1, 0.15) is 11.6 Å². The third kappa shape index (κ3) is 1.41. The van der Waals surface area contributed by atoms with Gasteiger partial charge in [0.25, 0.3) is 0 Å². The van der Waals surface area contributed by atoms with Crippen molar-refractivity contribution in [2.45, 2.75) is 0 Å². The number of rotatable bonds is 0. The van der Waals surface area contributed by atoms with Gasteiger partial charge in [-0.1, -0.05) is 11.6 Å². The summed E-state index contributed by atoms with van der Waals surface area (Å²) < 4.78 is 26.1. The van der Waals surface area contributed by atoms with Gasteiger partial charge in [0, 0.05) is 11.6 Å². The first kappa shape index (κ1) is 9.81. The fourth-order valence-corrected chi connectivity index (χ4v) is 1.50. The van der Waals surface area contributed by atoms with Gasteiger partial charge < -0.3 is 0 Å². The van der Waals surface area contributed by atoms with Gasteiger partial charge >= 0.3 is 0 Å². The molecule has 0 fully saturated rings. The van der Waals surface area contributed by atoms with Crippen LogP contribution in [0.4, 0.5) is 8.78 Å². The number of fused-ring (bicyclic) bond motifs is 1. The zero-order valence-corrected chi connectivity index (χ0v) is 8.02. The Labute approximate surface area is 88.7 Å². The molecule has 0 radical (unpaired) electrons. The molecule has 2 rings (SSSR count). The molecule has 0 spiro atoms. The van der Waals surface area contributed by atoms with Gasteiger partial charge in [-0.2, -0.15) is 5.26 Å². The molecule has 0 unspecified atom stereocenters. The topological polar surface area (TPSA) is 36.7 Å². The van der Waals surface area contributed by atoms with Crippen molar-refractivity contribution < 1.29 is 8.78 Å². The quantitative estimate of drug-likeness (QED) is 0.690. The van der Waals surface area contributed by atoms with E-state index in [1.54, 1.807) is 0 Å². The number of hydrogen-bond acceptors (Lipinski definition) is 2. The molecule has 0 aliphatic carbocycles. The molecule has 0 amide bonds. The van der Waals surface area contributed by atoms with Crippen LogP contribution in [0.2, 0.25) is 5.02 Å². The molecule has 0 N–H and O–H groups in total. The first-order chi connectivity index (χ1) is 7.15. The number of hydrogen-bond donors (Lipinski definition) is 0. The predicted octanol–water partition coefficient (Wildman–Crippen LogP) is 3.04. The molecule has 0 saturated carbocycles. The SMILES string of the molecule is N#Cc1cnc2c(F)c(F)ccc2c1Cl. The van der Waals surface area contributed by atoms with Crippen LogP contribution in [0.25, 0.3) is 10.9 Å². The van der Waals surface area contributed by atoms with Crippen molar-refractivity contribution in [1.29, 1.82) is 5.26 Å². The third-order valence-corrected chi connectivity index (χ3v) is 2.39. The Kier molecular flexibility index (Phi) is 2.25. The van der Waals surface area contributed by atoms with Crippen LogP contribution >= 0.6 is 11.6 Å². The first-order valence-corrected chi connectivity index (χ1v) is 4.35. The molecule has 5 heteroatoms. The summed E-state index contributed by atoms with van der Waals surface area (Å²) in [6, 6.07) is 4.06. The first-order valence-electron chi connectivity index (χ1n) is 3.97.